The predicted molar refractivity (Wildman–Crippen MR) is 96.2 cm³/mol. The summed E-state index contributed by atoms with van der Waals surface area (Å²) in [7, 11) is 0. The Morgan fingerprint density at radius 2 is 2.08 bits per heavy atom. The molecule has 1 amide bonds. The average Bonchev–Trinajstić information content (AvgIpc) is 2.61. The summed E-state index contributed by atoms with van der Waals surface area (Å²) < 4.78 is 13.8. The van der Waals surface area contributed by atoms with E-state index < -0.39 is 0 Å². The van der Waals surface area contributed by atoms with Gasteiger partial charge in [0.1, 0.15) is 11.6 Å². The minimum Gasteiger partial charge on any atom is -0.507 e. The quantitative estimate of drug-likeness (QED) is 0.899. The summed E-state index contributed by atoms with van der Waals surface area (Å²) in [6.45, 7) is 3.26. The number of piperidine rings is 1. The maximum atomic E-state index is 13.8. The van der Waals surface area contributed by atoms with Crippen molar-refractivity contribution in [1.29, 1.82) is 0 Å². The van der Waals surface area contributed by atoms with Gasteiger partial charge in [-0.15, -0.1) is 0 Å². The number of halogens is 1. The number of aromatic hydroxyl groups is 1. The van der Waals surface area contributed by atoms with E-state index in [0.717, 1.165) is 30.4 Å². The number of aryl methyl sites for hydroxylation is 2. The minimum absolute atomic E-state index is 0.0403. The number of phenolic OH excluding ortho intramolecular Hbond substituents is 1. The highest BCUT2D eigenvalue weighted by molar-refractivity contribution is 5.97. The molecule has 0 spiro atoms. The number of carbonyl (C=O) groups excluding carboxylic acids is 1. The van der Waals surface area contributed by atoms with Crippen LogP contribution in [0.3, 0.4) is 0 Å². The predicted octanol–water partition coefficient (Wildman–Crippen LogP) is 4.32. The summed E-state index contributed by atoms with van der Waals surface area (Å²) in [5.74, 6) is 0.132. The Morgan fingerprint density at radius 3 is 2.84 bits per heavy atom. The van der Waals surface area contributed by atoms with E-state index in [4.69, 9.17) is 0 Å². The highest BCUT2D eigenvalue weighted by Gasteiger charge is 2.26. The molecule has 0 aromatic heterocycles. The highest BCUT2D eigenvalue weighted by Crippen LogP contribution is 2.26. The molecular formula is C21H24FNO2. The second-order valence-electron chi connectivity index (χ2n) is 6.91. The summed E-state index contributed by atoms with van der Waals surface area (Å²) in [6.07, 6.45) is 3.55. The zero-order valence-corrected chi connectivity index (χ0v) is 14.5. The molecule has 0 saturated carbocycles. The topological polar surface area (TPSA) is 40.5 Å². The number of rotatable bonds is 4. The van der Waals surface area contributed by atoms with Crippen LogP contribution in [0.2, 0.25) is 0 Å². The number of hydrogen-bond acceptors (Lipinski definition) is 2. The van der Waals surface area contributed by atoms with Crippen LogP contribution in [0.25, 0.3) is 0 Å². The van der Waals surface area contributed by atoms with Crippen molar-refractivity contribution in [3.8, 4) is 5.75 Å². The summed E-state index contributed by atoms with van der Waals surface area (Å²) in [5.41, 5.74) is 2.03. The van der Waals surface area contributed by atoms with Crippen LogP contribution >= 0.6 is 0 Å². The average molecular weight is 341 g/mol. The van der Waals surface area contributed by atoms with Crippen LogP contribution in [0, 0.1) is 18.7 Å². The molecule has 1 aliphatic heterocycles. The van der Waals surface area contributed by atoms with E-state index in [2.05, 4.69) is 0 Å². The fourth-order valence-corrected chi connectivity index (χ4v) is 3.54. The molecule has 4 heteroatoms. The van der Waals surface area contributed by atoms with Crippen LogP contribution in [-0.4, -0.2) is 29.0 Å². The second-order valence-corrected chi connectivity index (χ2v) is 6.91. The molecule has 0 radical (unpaired) electrons. The molecule has 3 rings (SSSR count). The Morgan fingerprint density at radius 1 is 1.28 bits per heavy atom. The normalized spacial score (nSPS) is 17.5. The first-order chi connectivity index (χ1) is 12.0. The smallest absolute Gasteiger partial charge is 0.257 e. The van der Waals surface area contributed by atoms with Gasteiger partial charge in [0.15, 0.2) is 0 Å². The van der Waals surface area contributed by atoms with Crippen molar-refractivity contribution < 1.29 is 14.3 Å². The molecular weight excluding hydrogens is 317 g/mol. The van der Waals surface area contributed by atoms with E-state index in [-0.39, 0.29) is 17.5 Å². The lowest BCUT2D eigenvalue weighted by atomic mass is 9.91. The Hall–Kier alpha value is -2.36. The molecule has 1 heterocycles. The first-order valence-corrected chi connectivity index (χ1v) is 8.87. The van der Waals surface area contributed by atoms with E-state index in [1.165, 1.54) is 6.07 Å². The van der Waals surface area contributed by atoms with E-state index in [9.17, 15) is 14.3 Å². The lowest BCUT2D eigenvalue weighted by Gasteiger charge is -2.33. The van der Waals surface area contributed by atoms with Crippen molar-refractivity contribution in [2.45, 2.75) is 32.6 Å². The summed E-state index contributed by atoms with van der Waals surface area (Å²) >= 11 is 0. The largest absolute Gasteiger partial charge is 0.507 e. The molecule has 1 unspecified atom stereocenters. The molecule has 3 nitrogen and oxygen atoms in total. The number of hydrogen-bond donors (Lipinski definition) is 1. The van der Waals surface area contributed by atoms with Gasteiger partial charge in [0, 0.05) is 13.1 Å². The van der Waals surface area contributed by atoms with Crippen LogP contribution in [0.1, 0.15) is 40.7 Å². The third kappa shape index (κ3) is 4.19. The van der Waals surface area contributed by atoms with Crippen LogP contribution < -0.4 is 0 Å². The summed E-state index contributed by atoms with van der Waals surface area (Å²) in [5, 5.41) is 10.1. The van der Waals surface area contributed by atoms with Crippen molar-refractivity contribution in [2.24, 2.45) is 5.92 Å². The van der Waals surface area contributed by atoms with Gasteiger partial charge in [0.05, 0.1) is 5.56 Å². The fourth-order valence-electron chi connectivity index (χ4n) is 3.54. The fraction of sp³-hybridized carbons (Fsp3) is 0.381. The van der Waals surface area contributed by atoms with Gasteiger partial charge in [-0.05, 0) is 67.9 Å². The number of carbonyl (C=O) groups is 1. The van der Waals surface area contributed by atoms with Crippen molar-refractivity contribution >= 4 is 5.91 Å². The number of likely N-dealkylation sites (tertiary alicyclic amines) is 1. The molecule has 0 bridgehead atoms. The van der Waals surface area contributed by atoms with E-state index >= 15 is 0 Å². The van der Waals surface area contributed by atoms with Gasteiger partial charge >= 0.3 is 0 Å². The molecule has 1 aliphatic rings. The molecule has 2 aromatic rings. The first-order valence-electron chi connectivity index (χ1n) is 8.87. The van der Waals surface area contributed by atoms with Gasteiger partial charge < -0.3 is 10.0 Å². The third-order valence-electron chi connectivity index (χ3n) is 4.97. The van der Waals surface area contributed by atoms with Gasteiger partial charge in [-0.25, -0.2) is 4.39 Å². The molecule has 132 valence electrons. The SMILES string of the molecule is Cc1ccc(C(=O)N2CCCC(CCc3ccccc3F)C2)c(O)c1. The lowest BCUT2D eigenvalue weighted by Crippen LogP contribution is -2.40. The van der Waals surface area contributed by atoms with Crippen LogP contribution in [0.15, 0.2) is 42.5 Å². The van der Waals surface area contributed by atoms with E-state index in [1.807, 2.05) is 30.0 Å². The Kier molecular flexibility index (Phi) is 5.37. The monoisotopic (exact) mass is 341 g/mol. The molecule has 1 saturated heterocycles. The number of benzene rings is 2. The second kappa shape index (κ2) is 7.68. The van der Waals surface area contributed by atoms with Crippen molar-refractivity contribution in [3.05, 3.63) is 65.0 Å². The Balaban J connectivity index is 1.62. The Labute approximate surface area is 148 Å². The zero-order valence-electron chi connectivity index (χ0n) is 14.5. The van der Waals surface area contributed by atoms with Crippen molar-refractivity contribution in [3.63, 3.8) is 0 Å². The lowest BCUT2D eigenvalue weighted by molar-refractivity contribution is 0.0665. The standard InChI is InChI=1S/C21H24FNO2/c1-15-8-11-18(20(24)13-15)21(25)23-12-4-5-16(14-23)9-10-17-6-2-3-7-19(17)22/h2-3,6-8,11,13,16,24H,4-5,9-10,12,14H2,1H3. The van der Waals surface area contributed by atoms with Crippen LogP contribution in [-0.2, 0) is 6.42 Å². The first kappa shape index (κ1) is 17.5. The van der Waals surface area contributed by atoms with Gasteiger partial charge in [-0.1, -0.05) is 24.3 Å². The number of amides is 1. The Bertz CT molecular complexity index is 759. The summed E-state index contributed by atoms with van der Waals surface area (Å²) in [6, 6.07) is 12.0. The number of nitrogens with zero attached hydrogens (tertiary/aromatic N) is 1. The van der Waals surface area contributed by atoms with Gasteiger partial charge in [0.2, 0.25) is 0 Å². The molecule has 1 atom stereocenters. The zero-order chi connectivity index (χ0) is 17.8. The number of phenols is 1. The maximum Gasteiger partial charge on any atom is 0.257 e. The molecule has 1 fully saturated rings. The maximum absolute atomic E-state index is 13.8. The highest BCUT2D eigenvalue weighted by atomic mass is 19.1. The van der Waals surface area contributed by atoms with Crippen molar-refractivity contribution in [1.82, 2.24) is 4.90 Å². The van der Waals surface area contributed by atoms with Gasteiger partial charge in [-0.3, -0.25) is 4.79 Å². The van der Waals surface area contributed by atoms with E-state index in [0.29, 0.717) is 31.0 Å². The van der Waals surface area contributed by atoms with Crippen LogP contribution in [0.4, 0.5) is 4.39 Å². The molecule has 25 heavy (non-hydrogen) atoms. The molecule has 2 aromatic carbocycles. The van der Waals surface area contributed by atoms with Gasteiger partial charge in [0.25, 0.3) is 5.91 Å². The molecule has 1 N–H and O–H groups in total. The van der Waals surface area contributed by atoms with Crippen LogP contribution in [0.5, 0.6) is 5.75 Å². The van der Waals surface area contributed by atoms with Crippen molar-refractivity contribution in [2.75, 3.05) is 13.1 Å². The van der Waals surface area contributed by atoms with E-state index in [1.54, 1.807) is 18.2 Å². The minimum atomic E-state index is -0.157. The third-order valence-corrected chi connectivity index (χ3v) is 4.97. The summed E-state index contributed by atoms with van der Waals surface area (Å²) in [4.78, 5) is 14.5. The molecule has 0 aliphatic carbocycles. The van der Waals surface area contributed by atoms with Gasteiger partial charge in [-0.2, -0.15) is 0 Å².